The minimum Gasteiger partial charge on any atom is -0.328 e. The van der Waals surface area contributed by atoms with E-state index in [0.717, 1.165) is 35.5 Å². The molecular weight excluding hydrogens is 435 g/mol. The van der Waals surface area contributed by atoms with Gasteiger partial charge >= 0.3 is 0 Å². The Labute approximate surface area is 152 Å². The molecule has 1 aromatic carbocycles. The van der Waals surface area contributed by atoms with Gasteiger partial charge in [0.25, 0.3) is 0 Å². The first-order chi connectivity index (χ1) is 11.0. The molecule has 0 amide bonds. The molecule has 2 heterocycles. The lowest BCUT2D eigenvalue weighted by Gasteiger charge is -2.27. The summed E-state index contributed by atoms with van der Waals surface area (Å²) in [6.07, 6.45) is 2.23. The number of nitrogens with one attached hydrogen (secondary N) is 1. The van der Waals surface area contributed by atoms with Crippen molar-refractivity contribution in [1.29, 1.82) is 0 Å². The van der Waals surface area contributed by atoms with Gasteiger partial charge in [-0.05, 0) is 53.1 Å². The highest BCUT2D eigenvalue weighted by Crippen LogP contribution is 2.29. The molecule has 0 saturated carbocycles. The largest absolute Gasteiger partial charge is 0.328 e. The van der Waals surface area contributed by atoms with Gasteiger partial charge in [-0.3, -0.25) is 0 Å². The summed E-state index contributed by atoms with van der Waals surface area (Å²) in [5, 5.41) is 3.05. The standard InChI is InChI=1S/C16H17ClF2IN3/c1-2-13-22-16(20)15-12(21-5-6-23(13)15)4-3-9-7-10(18)14(17)11(19)8-9/h7-8,12,21H,2-6H2,1H3. The molecule has 23 heavy (non-hydrogen) atoms. The van der Waals surface area contributed by atoms with Gasteiger partial charge in [0.15, 0.2) is 0 Å². The fraction of sp³-hybridized carbons (Fsp3) is 0.438. The first-order valence-corrected chi connectivity index (χ1v) is 9.08. The molecule has 2 aromatic rings. The summed E-state index contributed by atoms with van der Waals surface area (Å²) in [4.78, 5) is 4.63. The smallest absolute Gasteiger partial charge is 0.145 e. The number of nitrogens with zero attached hydrogens (tertiary/aromatic N) is 2. The number of hydrogen-bond donors (Lipinski definition) is 1. The Morgan fingerprint density at radius 1 is 1.39 bits per heavy atom. The van der Waals surface area contributed by atoms with Crippen molar-refractivity contribution in [3.8, 4) is 0 Å². The zero-order valence-electron chi connectivity index (χ0n) is 12.7. The van der Waals surface area contributed by atoms with Crippen LogP contribution in [0, 0.1) is 15.3 Å². The second-order valence-electron chi connectivity index (χ2n) is 5.63. The molecular formula is C16H17ClF2IN3. The lowest BCUT2D eigenvalue weighted by Crippen LogP contribution is -2.34. The third-order valence-corrected chi connectivity index (χ3v) is 5.33. The van der Waals surface area contributed by atoms with E-state index in [2.05, 4.69) is 44.4 Å². The van der Waals surface area contributed by atoms with Crippen molar-refractivity contribution in [1.82, 2.24) is 14.9 Å². The second kappa shape index (κ2) is 7.03. The predicted molar refractivity (Wildman–Crippen MR) is 94.8 cm³/mol. The van der Waals surface area contributed by atoms with Crippen LogP contribution in [0.4, 0.5) is 8.78 Å². The van der Waals surface area contributed by atoms with E-state index in [9.17, 15) is 8.78 Å². The molecule has 0 bridgehead atoms. The Morgan fingerprint density at radius 2 is 2.09 bits per heavy atom. The average molecular weight is 452 g/mol. The number of benzene rings is 1. The third-order valence-electron chi connectivity index (χ3n) is 4.18. The van der Waals surface area contributed by atoms with E-state index in [0.29, 0.717) is 12.0 Å². The van der Waals surface area contributed by atoms with E-state index >= 15 is 0 Å². The van der Waals surface area contributed by atoms with Crippen molar-refractivity contribution in [2.45, 2.75) is 38.8 Å². The van der Waals surface area contributed by atoms with Crippen LogP contribution in [0.25, 0.3) is 0 Å². The van der Waals surface area contributed by atoms with Crippen LogP contribution in [-0.2, 0) is 19.4 Å². The van der Waals surface area contributed by atoms with Crippen molar-refractivity contribution in [2.24, 2.45) is 0 Å². The number of hydrogen-bond acceptors (Lipinski definition) is 2. The van der Waals surface area contributed by atoms with Crippen LogP contribution in [0.2, 0.25) is 5.02 Å². The second-order valence-corrected chi connectivity index (χ2v) is 7.03. The number of fused-ring (bicyclic) bond motifs is 1. The summed E-state index contributed by atoms with van der Waals surface area (Å²) in [6.45, 7) is 3.89. The predicted octanol–water partition coefficient (Wildman–Crippen LogP) is 4.26. The Kier molecular flexibility index (Phi) is 5.22. The minimum atomic E-state index is -0.703. The van der Waals surface area contributed by atoms with Gasteiger partial charge in [-0.15, -0.1) is 0 Å². The molecule has 1 aliphatic heterocycles. The number of aromatic nitrogens is 2. The van der Waals surface area contributed by atoms with Crippen molar-refractivity contribution in [3.63, 3.8) is 0 Å². The van der Waals surface area contributed by atoms with E-state index in [4.69, 9.17) is 11.6 Å². The molecule has 7 heteroatoms. The van der Waals surface area contributed by atoms with E-state index in [1.807, 2.05) is 0 Å². The maximum atomic E-state index is 13.6. The minimum absolute atomic E-state index is 0.144. The molecule has 1 N–H and O–H groups in total. The summed E-state index contributed by atoms with van der Waals surface area (Å²) in [5.41, 5.74) is 1.80. The van der Waals surface area contributed by atoms with Crippen molar-refractivity contribution in [3.05, 3.63) is 49.6 Å². The van der Waals surface area contributed by atoms with Gasteiger partial charge < -0.3 is 9.88 Å². The van der Waals surface area contributed by atoms with Gasteiger partial charge in [-0.25, -0.2) is 13.8 Å². The Bertz CT molecular complexity index is 709. The molecule has 0 fully saturated rings. The number of halogens is 4. The van der Waals surface area contributed by atoms with Crippen LogP contribution in [-0.4, -0.2) is 16.1 Å². The Hall–Kier alpha value is -0.730. The van der Waals surface area contributed by atoms with Gasteiger partial charge in [0.05, 0.1) is 11.7 Å². The molecule has 0 radical (unpaired) electrons. The van der Waals surface area contributed by atoms with Crippen molar-refractivity contribution < 1.29 is 8.78 Å². The van der Waals surface area contributed by atoms with Gasteiger partial charge in [0.1, 0.15) is 26.2 Å². The highest BCUT2D eigenvalue weighted by molar-refractivity contribution is 14.1. The maximum absolute atomic E-state index is 13.6. The van der Waals surface area contributed by atoms with E-state index in [-0.39, 0.29) is 6.04 Å². The maximum Gasteiger partial charge on any atom is 0.145 e. The molecule has 0 aliphatic carbocycles. The number of imidazole rings is 1. The molecule has 1 atom stereocenters. The summed E-state index contributed by atoms with van der Waals surface area (Å²) in [5.74, 6) is -0.309. The molecule has 3 nitrogen and oxygen atoms in total. The molecule has 0 spiro atoms. The van der Waals surface area contributed by atoms with E-state index in [1.54, 1.807) is 0 Å². The van der Waals surface area contributed by atoms with E-state index in [1.165, 1.54) is 17.8 Å². The summed E-state index contributed by atoms with van der Waals surface area (Å²) < 4.78 is 30.4. The summed E-state index contributed by atoms with van der Waals surface area (Å²) >= 11 is 7.79. The first kappa shape index (κ1) is 17.1. The van der Waals surface area contributed by atoms with Crippen LogP contribution in [0.15, 0.2) is 12.1 Å². The highest BCUT2D eigenvalue weighted by Gasteiger charge is 2.26. The van der Waals surface area contributed by atoms with Crippen molar-refractivity contribution in [2.75, 3.05) is 6.54 Å². The normalized spacial score (nSPS) is 17.3. The third kappa shape index (κ3) is 3.39. The lowest BCUT2D eigenvalue weighted by atomic mass is 10.0. The van der Waals surface area contributed by atoms with Crippen molar-refractivity contribution >= 4 is 34.2 Å². The molecule has 1 aliphatic rings. The van der Waals surface area contributed by atoms with Gasteiger partial charge in [-0.2, -0.15) is 0 Å². The quantitative estimate of drug-likeness (QED) is 0.556. The molecule has 1 unspecified atom stereocenters. The SMILES string of the molecule is CCc1nc(I)c2n1CCNC2CCc1cc(F)c(Cl)c(F)c1. The van der Waals surface area contributed by atoms with Crippen LogP contribution in [0.5, 0.6) is 0 Å². The van der Waals surface area contributed by atoms with Gasteiger partial charge in [0, 0.05) is 19.5 Å². The van der Waals surface area contributed by atoms with Gasteiger partial charge in [0.2, 0.25) is 0 Å². The monoisotopic (exact) mass is 451 g/mol. The van der Waals surface area contributed by atoms with Crippen LogP contribution >= 0.6 is 34.2 Å². The van der Waals surface area contributed by atoms with Crippen LogP contribution in [0.1, 0.15) is 36.5 Å². The summed E-state index contributed by atoms with van der Waals surface area (Å²) in [6, 6.07) is 2.77. The molecule has 1 aromatic heterocycles. The topological polar surface area (TPSA) is 29.9 Å². The first-order valence-electron chi connectivity index (χ1n) is 7.62. The molecule has 3 rings (SSSR count). The highest BCUT2D eigenvalue weighted by atomic mass is 127. The molecule has 124 valence electrons. The van der Waals surface area contributed by atoms with Crippen LogP contribution in [0.3, 0.4) is 0 Å². The number of rotatable bonds is 4. The Balaban J connectivity index is 1.79. The molecule has 0 saturated heterocycles. The zero-order valence-corrected chi connectivity index (χ0v) is 15.6. The fourth-order valence-electron chi connectivity index (χ4n) is 3.08. The van der Waals surface area contributed by atoms with E-state index < -0.39 is 16.7 Å². The van der Waals surface area contributed by atoms with Crippen LogP contribution < -0.4 is 5.32 Å². The fourth-order valence-corrected chi connectivity index (χ4v) is 4.14. The van der Waals surface area contributed by atoms with Gasteiger partial charge in [-0.1, -0.05) is 18.5 Å². The lowest BCUT2D eigenvalue weighted by molar-refractivity contribution is 0.398. The average Bonchev–Trinajstić information content (AvgIpc) is 2.87. The zero-order chi connectivity index (χ0) is 16.6. The Morgan fingerprint density at radius 3 is 2.74 bits per heavy atom. The number of aryl methyl sites for hydroxylation is 2. The summed E-state index contributed by atoms with van der Waals surface area (Å²) in [7, 11) is 0.